The van der Waals surface area contributed by atoms with Crippen LogP contribution in [0.3, 0.4) is 0 Å². The van der Waals surface area contributed by atoms with Gasteiger partial charge in [-0.2, -0.15) is 0 Å². The molecular weight excluding hydrogens is 250 g/mol. The van der Waals surface area contributed by atoms with E-state index in [2.05, 4.69) is 43.4 Å². The Morgan fingerprint density at radius 2 is 2.25 bits per heavy atom. The summed E-state index contributed by atoms with van der Waals surface area (Å²) in [6.07, 6.45) is 2.27. The van der Waals surface area contributed by atoms with Gasteiger partial charge in [-0.15, -0.1) is 0 Å². The van der Waals surface area contributed by atoms with Crippen molar-refractivity contribution in [2.24, 2.45) is 5.92 Å². The molecule has 1 saturated heterocycles. The van der Waals surface area contributed by atoms with Gasteiger partial charge in [-0.25, -0.2) is 0 Å². The third-order valence-corrected chi connectivity index (χ3v) is 3.87. The first kappa shape index (κ1) is 15.5. The number of rotatable bonds is 8. The van der Waals surface area contributed by atoms with Crippen LogP contribution in [-0.4, -0.2) is 33.0 Å². The molecule has 1 aliphatic heterocycles. The van der Waals surface area contributed by atoms with Crippen molar-refractivity contribution >= 4 is 0 Å². The fraction of sp³-hybridized carbons (Fsp3) is 0.647. The van der Waals surface area contributed by atoms with Crippen molar-refractivity contribution in [2.45, 2.75) is 32.7 Å². The lowest BCUT2D eigenvalue weighted by Crippen LogP contribution is -2.28. The van der Waals surface area contributed by atoms with Gasteiger partial charge in [0.2, 0.25) is 0 Å². The van der Waals surface area contributed by atoms with E-state index in [1.807, 2.05) is 0 Å². The second-order valence-corrected chi connectivity index (χ2v) is 5.63. The van der Waals surface area contributed by atoms with Crippen LogP contribution in [0, 0.1) is 12.8 Å². The monoisotopic (exact) mass is 277 g/mol. The zero-order valence-electron chi connectivity index (χ0n) is 12.7. The van der Waals surface area contributed by atoms with E-state index in [9.17, 15) is 0 Å². The summed E-state index contributed by atoms with van der Waals surface area (Å²) in [6, 6.07) is 8.85. The Morgan fingerprint density at radius 3 is 2.95 bits per heavy atom. The maximum Gasteiger partial charge on any atom is 0.0661 e. The molecule has 2 unspecified atom stereocenters. The smallest absolute Gasteiger partial charge is 0.0661 e. The zero-order chi connectivity index (χ0) is 14.2. The minimum Gasteiger partial charge on any atom is -0.381 e. The Morgan fingerprint density at radius 1 is 1.40 bits per heavy atom. The largest absolute Gasteiger partial charge is 0.381 e. The molecule has 1 aromatic carbocycles. The SMILES string of the molecule is CCCNC(COCC1CCOC1)c1ccccc1C. The predicted octanol–water partition coefficient (Wildman–Crippen LogP) is 3.09. The van der Waals surface area contributed by atoms with Crippen LogP contribution in [0.15, 0.2) is 24.3 Å². The molecule has 0 aliphatic carbocycles. The van der Waals surface area contributed by atoms with Crippen molar-refractivity contribution in [3.63, 3.8) is 0 Å². The van der Waals surface area contributed by atoms with Gasteiger partial charge in [0.25, 0.3) is 0 Å². The van der Waals surface area contributed by atoms with E-state index in [-0.39, 0.29) is 0 Å². The van der Waals surface area contributed by atoms with E-state index >= 15 is 0 Å². The molecule has 0 bridgehead atoms. The molecule has 2 rings (SSSR count). The van der Waals surface area contributed by atoms with Crippen molar-refractivity contribution in [3.05, 3.63) is 35.4 Å². The van der Waals surface area contributed by atoms with Gasteiger partial charge in [0, 0.05) is 12.5 Å². The molecule has 0 aromatic heterocycles. The third kappa shape index (κ3) is 4.58. The molecule has 1 heterocycles. The summed E-state index contributed by atoms with van der Waals surface area (Å²) in [7, 11) is 0. The van der Waals surface area contributed by atoms with Crippen LogP contribution in [0.25, 0.3) is 0 Å². The van der Waals surface area contributed by atoms with Gasteiger partial charge in [0.1, 0.15) is 0 Å². The highest BCUT2D eigenvalue weighted by molar-refractivity contribution is 5.28. The Kier molecular flexibility index (Phi) is 6.51. The van der Waals surface area contributed by atoms with Crippen molar-refractivity contribution in [3.8, 4) is 0 Å². The van der Waals surface area contributed by atoms with Crippen LogP contribution in [0.5, 0.6) is 0 Å². The van der Waals surface area contributed by atoms with Gasteiger partial charge < -0.3 is 14.8 Å². The summed E-state index contributed by atoms with van der Waals surface area (Å²) < 4.78 is 11.3. The summed E-state index contributed by atoms with van der Waals surface area (Å²) in [5, 5.41) is 3.60. The van der Waals surface area contributed by atoms with E-state index in [1.165, 1.54) is 11.1 Å². The summed E-state index contributed by atoms with van der Waals surface area (Å²) in [4.78, 5) is 0. The minimum absolute atomic E-state index is 0.290. The molecule has 112 valence electrons. The fourth-order valence-electron chi connectivity index (χ4n) is 2.62. The quantitative estimate of drug-likeness (QED) is 0.792. The van der Waals surface area contributed by atoms with Crippen LogP contribution in [-0.2, 0) is 9.47 Å². The Labute approximate surface area is 122 Å². The molecule has 3 heteroatoms. The summed E-state index contributed by atoms with van der Waals surface area (Å²) in [6.45, 7) is 8.69. The first-order chi connectivity index (χ1) is 9.81. The van der Waals surface area contributed by atoms with Crippen molar-refractivity contribution in [1.82, 2.24) is 5.32 Å². The highest BCUT2D eigenvalue weighted by Gasteiger charge is 2.18. The van der Waals surface area contributed by atoms with Crippen molar-refractivity contribution in [2.75, 3.05) is 33.0 Å². The molecule has 1 fully saturated rings. The number of nitrogens with one attached hydrogen (secondary N) is 1. The second-order valence-electron chi connectivity index (χ2n) is 5.63. The number of aryl methyl sites for hydroxylation is 1. The van der Waals surface area contributed by atoms with Gasteiger partial charge in [-0.3, -0.25) is 0 Å². The van der Waals surface area contributed by atoms with E-state index in [1.54, 1.807) is 0 Å². The van der Waals surface area contributed by atoms with E-state index in [4.69, 9.17) is 9.47 Å². The molecule has 1 N–H and O–H groups in total. The van der Waals surface area contributed by atoms with Gasteiger partial charge in [-0.05, 0) is 37.4 Å². The van der Waals surface area contributed by atoms with Crippen LogP contribution in [0.1, 0.15) is 36.9 Å². The van der Waals surface area contributed by atoms with Crippen LogP contribution < -0.4 is 5.32 Å². The lowest BCUT2D eigenvalue weighted by molar-refractivity contribution is 0.0743. The van der Waals surface area contributed by atoms with E-state index in [0.717, 1.165) is 45.8 Å². The Balaban J connectivity index is 1.87. The average Bonchev–Trinajstić information content (AvgIpc) is 2.97. The zero-order valence-corrected chi connectivity index (χ0v) is 12.7. The first-order valence-electron chi connectivity index (χ1n) is 7.75. The first-order valence-corrected chi connectivity index (χ1v) is 7.75. The Hall–Kier alpha value is -0.900. The highest BCUT2D eigenvalue weighted by Crippen LogP contribution is 2.19. The molecule has 0 amide bonds. The lowest BCUT2D eigenvalue weighted by Gasteiger charge is -2.21. The van der Waals surface area contributed by atoms with Crippen molar-refractivity contribution < 1.29 is 9.47 Å². The van der Waals surface area contributed by atoms with E-state index in [0.29, 0.717) is 12.0 Å². The van der Waals surface area contributed by atoms with E-state index < -0.39 is 0 Å². The maximum atomic E-state index is 5.94. The van der Waals surface area contributed by atoms with Gasteiger partial charge in [0.15, 0.2) is 0 Å². The number of hydrogen-bond acceptors (Lipinski definition) is 3. The van der Waals surface area contributed by atoms with Crippen LogP contribution >= 0.6 is 0 Å². The predicted molar refractivity (Wildman–Crippen MR) is 82.0 cm³/mol. The molecule has 0 radical (unpaired) electrons. The number of ether oxygens (including phenoxy) is 2. The summed E-state index contributed by atoms with van der Waals surface area (Å²) in [5.41, 5.74) is 2.68. The van der Waals surface area contributed by atoms with Crippen molar-refractivity contribution in [1.29, 1.82) is 0 Å². The molecule has 3 nitrogen and oxygen atoms in total. The second kappa shape index (κ2) is 8.40. The summed E-state index contributed by atoms with van der Waals surface area (Å²) in [5.74, 6) is 0.582. The minimum atomic E-state index is 0.290. The molecule has 2 atom stereocenters. The Bertz CT molecular complexity index is 388. The topological polar surface area (TPSA) is 30.5 Å². The number of benzene rings is 1. The van der Waals surface area contributed by atoms with Gasteiger partial charge in [-0.1, -0.05) is 31.2 Å². The lowest BCUT2D eigenvalue weighted by atomic mass is 10.0. The normalized spacial score (nSPS) is 20.2. The standard InChI is InChI=1S/C17H27NO2/c1-3-9-18-17(16-7-5-4-6-14(16)2)13-20-12-15-8-10-19-11-15/h4-7,15,17-18H,3,8-13H2,1-2H3. The molecular formula is C17H27NO2. The molecule has 1 aromatic rings. The fourth-order valence-corrected chi connectivity index (χ4v) is 2.62. The third-order valence-electron chi connectivity index (χ3n) is 3.87. The molecule has 0 spiro atoms. The highest BCUT2D eigenvalue weighted by atomic mass is 16.5. The van der Waals surface area contributed by atoms with Gasteiger partial charge in [0.05, 0.1) is 25.9 Å². The molecule has 0 saturated carbocycles. The van der Waals surface area contributed by atoms with Gasteiger partial charge >= 0.3 is 0 Å². The van der Waals surface area contributed by atoms with Crippen LogP contribution in [0.4, 0.5) is 0 Å². The maximum absolute atomic E-state index is 5.94. The van der Waals surface area contributed by atoms with Crippen LogP contribution in [0.2, 0.25) is 0 Å². The summed E-state index contributed by atoms with van der Waals surface area (Å²) >= 11 is 0. The average molecular weight is 277 g/mol. The molecule has 20 heavy (non-hydrogen) atoms. The number of hydrogen-bond donors (Lipinski definition) is 1. The molecule has 1 aliphatic rings.